The zero-order valence-corrected chi connectivity index (χ0v) is 15.3. The van der Waals surface area contributed by atoms with Crippen LogP contribution in [0, 0.1) is 0 Å². The number of benzene rings is 2. The summed E-state index contributed by atoms with van der Waals surface area (Å²) in [5.41, 5.74) is 3.85. The lowest BCUT2D eigenvalue weighted by Crippen LogP contribution is -2.24. The molecule has 2 heteroatoms. The third-order valence-electron chi connectivity index (χ3n) is 5.06. The van der Waals surface area contributed by atoms with Crippen LogP contribution in [0.3, 0.4) is 0 Å². The minimum absolute atomic E-state index is 0.487. The van der Waals surface area contributed by atoms with Gasteiger partial charge in [0.2, 0.25) is 0 Å². The summed E-state index contributed by atoms with van der Waals surface area (Å²) >= 11 is 5.96. The second-order valence-corrected chi connectivity index (χ2v) is 7.29. The van der Waals surface area contributed by atoms with Crippen molar-refractivity contribution in [3.63, 3.8) is 0 Å². The number of unbranched alkanes of at least 4 members (excludes halogenated alkanes) is 2. The van der Waals surface area contributed by atoms with Gasteiger partial charge in [-0.2, -0.15) is 0 Å². The van der Waals surface area contributed by atoms with Gasteiger partial charge in [0.1, 0.15) is 0 Å². The van der Waals surface area contributed by atoms with Crippen molar-refractivity contribution in [2.24, 2.45) is 0 Å². The molecule has 0 bridgehead atoms. The topological polar surface area (TPSA) is 9.23 Å². The Balaban J connectivity index is 1.56. The fourth-order valence-electron chi connectivity index (χ4n) is 3.51. The van der Waals surface area contributed by atoms with Crippen LogP contribution >= 0.6 is 11.6 Å². The van der Waals surface area contributed by atoms with Crippen LogP contribution in [-0.4, -0.2) is 12.7 Å². The van der Waals surface area contributed by atoms with Gasteiger partial charge in [-0.3, -0.25) is 0 Å². The highest BCUT2D eigenvalue weighted by atomic mass is 35.5. The van der Waals surface area contributed by atoms with Crippen LogP contribution in [0.4, 0.5) is 0 Å². The van der Waals surface area contributed by atoms with Gasteiger partial charge in [0, 0.05) is 10.9 Å². The summed E-state index contributed by atoms with van der Waals surface area (Å²) in [6, 6.07) is 17.0. The summed E-state index contributed by atoms with van der Waals surface area (Å²) in [7, 11) is 0. The largest absolute Gasteiger partial charge is 0.378 e. The van der Waals surface area contributed by atoms with E-state index in [0.29, 0.717) is 12.0 Å². The second kappa shape index (κ2) is 8.69. The molecule has 1 saturated heterocycles. The number of ether oxygens (including phenoxy) is 1. The van der Waals surface area contributed by atoms with Crippen molar-refractivity contribution in [3.8, 4) is 11.1 Å². The predicted molar refractivity (Wildman–Crippen MR) is 103 cm³/mol. The highest BCUT2D eigenvalue weighted by Gasteiger charge is 2.22. The van der Waals surface area contributed by atoms with Gasteiger partial charge in [-0.1, -0.05) is 74.2 Å². The van der Waals surface area contributed by atoms with E-state index in [4.69, 9.17) is 16.3 Å². The first kappa shape index (κ1) is 17.5. The predicted octanol–water partition coefficient (Wildman–Crippen LogP) is 6.85. The highest BCUT2D eigenvalue weighted by Crippen LogP contribution is 2.31. The van der Waals surface area contributed by atoms with Crippen LogP contribution in [0.15, 0.2) is 48.5 Å². The molecule has 1 aliphatic rings. The summed E-state index contributed by atoms with van der Waals surface area (Å²) in [6.45, 7) is 3.13. The molecule has 0 N–H and O–H groups in total. The number of rotatable bonds is 6. The Bertz CT molecular complexity index is 609. The smallest absolute Gasteiger partial charge is 0.0575 e. The van der Waals surface area contributed by atoms with Crippen molar-refractivity contribution in [1.82, 2.24) is 0 Å². The van der Waals surface area contributed by atoms with Gasteiger partial charge in [-0.25, -0.2) is 0 Å². The van der Waals surface area contributed by atoms with Gasteiger partial charge < -0.3 is 4.74 Å². The lowest BCUT2D eigenvalue weighted by molar-refractivity contribution is -0.00207. The van der Waals surface area contributed by atoms with E-state index in [1.807, 2.05) is 12.1 Å². The Morgan fingerprint density at radius 3 is 2.17 bits per heavy atom. The van der Waals surface area contributed by atoms with E-state index in [9.17, 15) is 0 Å². The second-order valence-electron chi connectivity index (χ2n) is 6.85. The Morgan fingerprint density at radius 1 is 0.917 bits per heavy atom. The van der Waals surface area contributed by atoms with Crippen molar-refractivity contribution in [1.29, 1.82) is 0 Å². The van der Waals surface area contributed by atoms with E-state index >= 15 is 0 Å². The molecule has 24 heavy (non-hydrogen) atoms. The Hall–Kier alpha value is -1.31. The van der Waals surface area contributed by atoms with Crippen LogP contribution in [0.25, 0.3) is 11.1 Å². The summed E-state index contributed by atoms with van der Waals surface area (Å²) in [5.74, 6) is 0.548. The molecule has 2 unspecified atom stereocenters. The summed E-state index contributed by atoms with van der Waals surface area (Å²) in [4.78, 5) is 0. The van der Waals surface area contributed by atoms with Crippen LogP contribution < -0.4 is 0 Å². The van der Waals surface area contributed by atoms with Gasteiger partial charge in [0.25, 0.3) is 0 Å². The van der Waals surface area contributed by atoms with Crippen LogP contribution in [0.5, 0.6) is 0 Å². The van der Waals surface area contributed by atoms with Crippen molar-refractivity contribution in [3.05, 3.63) is 59.1 Å². The highest BCUT2D eigenvalue weighted by molar-refractivity contribution is 6.30. The van der Waals surface area contributed by atoms with Crippen LogP contribution in [0.1, 0.15) is 56.9 Å². The standard InChI is InChI=1S/C22H27ClO/c1-2-3-4-5-22-15-12-20(16-24-22)19-8-6-17(7-9-19)18-10-13-21(23)14-11-18/h6-11,13-14,20,22H,2-5,12,15-16H2,1H3. The molecule has 0 radical (unpaired) electrons. The first-order valence-corrected chi connectivity index (χ1v) is 9.61. The molecular formula is C22H27ClO. The molecule has 0 saturated carbocycles. The molecule has 3 rings (SSSR count). The first-order chi connectivity index (χ1) is 11.8. The minimum atomic E-state index is 0.487. The number of hydrogen-bond donors (Lipinski definition) is 0. The normalized spacial score (nSPS) is 20.9. The molecule has 2 atom stereocenters. The number of hydrogen-bond acceptors (Lipinski definition) is 1. The molecule has 0 aromatic heterocycles. The van der Waals surface area contributed by atoms with Gasteiger partial charge >= 0.3 is 0 Å². The summed E-state index contributed by atoms with van der Waals surface area (Å²) in [6.07, 6.45) is 8.09. The third-order valence-corrected chi connectivity index (χ3v) is 5.31. The maximum Gasteiger partial charge on any atom is 0.0575 e. The molecule has 1 nitrogen and oxygen atoms in total. The number of halogens is 1. The third kappa shape index (κ3) is 4.62. The maximum absolute atomic E-state index is 6.10. The quantitative estimate of drug-likeness (QED) is 0.521. The Morgan fingerprint density at radius 2 is 1.58 bits per heavy atom. The van der Waals surface area contributed by atoms with Gasteiger partial charge in [-0.05, 0) is 48.1 Å². The zero-order chi connectivity index (χ0) is 16.8. The molecule has 2 aromatic carbocycles. The van der Waals surface area contributed by atoms with Gasteiger partial charge in [0.15, 0.2) is 0 Å². The first-order valence-electron chi connectivity index (χ1n) is 9.23. The van der Waals surface area contributed by atoms with Crippen LogP contribution in [0.2, 0.25) is 5.02 Å². The molecular weight excluding hydrogens is 316 g/mol. The summed E-state index contributed by atoms with van der Waals surface area (Å²) < 4.78 is 6.10. The van der Waals surface area contributed by atoms with Crippen molar-refractivity contribution >= 4 is 11.6 Å². The SMILES string of the molecule is CCCCCC1CCC(c2ccc(-c3ccc(Cl)cc3)cc2)CO1. The minimum Gasteiger partial charge on any atom is -0.378 e. The molecule has 128 valence electrons. The van der Waals surface area contributed by atoms with E-state index in [1.54, 1.807) is 0 Å². The van der Waals surface area contributed by atoms with Gasteiger partial charge in [0.05, 0.1) is 12.7 Å². The van der Waals surface area contributed by atoms with Crippen molar-refractivity contribution in [2.75, 3.05) is 6.61 Å². The molecule has 1 heterocycles. The van der Waals surface area contributed by atoms with E-state index in [0.717, 1.165) is 11.6 Å². The maximum atomic E-state index is 6.10. The molecule has 2 aromatic rings. The van der Waals surface area contributed by atoms with E-state index in [1.165, 1.54) is 55.2 Å². The molecule has 0 spiro atoms. The zero-order valence-electron chi connectivity index (χ0n) is 14.5. The van der Waals surface area contributed by atoms with E-state index in [2.05, 4.69) is 43.3 Å². The molecule has 0 amide bonds. The lowest BCUT2D eigenvalue weighted by atomic mass is 9.89. The fraction of sp³-hybridized carbons (Fsp3) is 0.455. The summed E-state index contributed by atoms with van der Waals surface area (Å²) in [5, 5.41) is 0.781. The lowest BCUT2D eigenvalue weighted by Gasteiger charge is -2.29. The van der Waals surface area contributed by atoms with E-state index in [-0.39, 0.29) is 0 Å². The van der Waals surface area contributed by atoms with E-state index < -0.39 is 0 Å². The monoisotopic (exact) mass is 342 g/mol. The Labute approximate surface area is 151 Å². The average Bonchev–Trinajstić information content (AvgIpc) is 2.63. The van der Waals surface area contributed by atoms with Gasteiger partial charge in [-0.15, -0.1) is 0 Å². The molecule has 1 aliphatic heterocycles. The fourth-order valence-corrected chi connectivity index (χ4v) is 3.63. The van der Waals surface area contributed by atoms with Crippen LogP contribution in [-0.2, 0) is 4.74 Å². The molecule has 1 fully saturated rings. The Kier molecular flexibility index (Phi) is 6.34. The van der Waals surface area contributed by atoms with Crippen molar-refractivity contribution < 1.29 is 4.74 Å². The average molecular weight is 343 g/mol. The van der Waals surface area contributed by atoms with Crippen molar-refractivity contribution in [2.45, 2.75) is 57.5 Å². The molecule has 0 aliphatic carbocycles.